The summed E-state index contributed by atoms with van der Waals surface area (Å²) < 4.78 is 0. The van der Waals surface area contributed by atoms with E-state index < -0.39 is 11.4 Å². The summed E-state index contributed by atoms with van der Waals surface area (Å²) in [5, 5.41) is 28.7. The van der Waals surface area contributed by atoms with E-state index in [0.29, 0.717) is 6.42 Å². The van der Waals surface area contributed by atoms with Crippen LogP contribution in [0.15, 0.2) is 18.2 Å². The molecule has 1 heterocycles. The van der Waals surface area contributed by atoms with Crippen LogP contribution in [0.3, 0.4) is 0 Å². The van der Waals surface area contributed by atoms with Gasteiger partial charge in [0.05, 0.1) is 24.3 Å². The highest BCUT2D eigenvalue weighted by atomic mass is 16.3. The topological polar surface area (TPSA) is 81.0 Å². The first kappa shape index (κ1) is 11.7. The number of likely N-dealkylation sites (tertiary alicyclic amines) is 1. The molecule has 0 aromatic heterocycles. The van der Waals surface area contributed by atoms with Gasteiger partial charge in [0.15, 0.2) is 11.5 Å². The zero-order chi connectivity index (χ0) is 12.6. The zero-order valence-electron chi connectivity index (χ0n) is 9.55. The number of carbonyl (C=O) groups is 1. The van der Waals surface area contributed by atoms with E-state index in [0.717, 1.165) is 0 Å². The van der Waals surface area contributed by atoms with Crippen molar-refractivity contribution in [2.24, 2.45) is 0 Å². The van der Waals surface area contributed by atoms with E-state index >= 15 is 0 Å². The standard InChI is InChI=1S/C12H15NO4/c1-2-12(17)6-13(7-12)11(16)8-4-3-5-9(14)10(8)15/h3-5,14-15,17H,2,6-7H2,1H3. The number of nitrogens with zero attached hydrogens (tertiary/aromatic N) is 1. The van der Waals surface area contributed by atoms with E-state index in [1.165, 1.54) is 23.1 Å². The van der Waals surface area contributed by atoms with Crippen LogP contribution < -0.4 is 0 Å². The van der Waals surface area contributed by atoms with Crippen molar-refractivity contribution < 1.29 is 20.1 Å². The van der Waals surface area contributed by atoms with E-state index in [1.54, 1.807) is 0 Å². The molecule has 0 aliphatic carbocycles. The second-order valence-electron chi connectivity index (χ2n) is 4.41. The molecule has 1 aliphatic rings. The van der Waals surface area contributed by atoms with Gasteiger partial charge >= 0.3 is 0 Å². The Balaban J connectivity index is 2.15. The Bertz CT molecular complexity index is 452. The van der Waals surface area contributed by atoms with Crippen molar-refractivity contribution in [1.29, 1.82) is 0 Å². The molecule has 1 aliphatic heterocycles. The highest BCUT2D eigenvalue weighted by molar-refractivity contribution is 5.98. The molecule has 5 nitrogen and oxygen atoms in total. The average molecular weight is 237 g/mol. The van der Waals surface area contributed by atoms with Crippen LogP contribution >= 0.6 is 0 Å². The van der Waals surface area contributed by atoms with Crippen LogP contribution in [-0.4, -0.2) is 44.8 Å². The fraction of sp³-hybridized carbons (Fsp3) is 0.417. The lowest BCUT2D eigenvalue weighted by Gasteiger charge is -2.46. The largest absolute Gasteiger partial charge is 0.504 e. The molecule has 1 fully saturated rings. The smallest absolute Gasteiger partial charge is 0.257 e. The number of carbonyl (C=O) groups excluding carboxylic acids is 1. The minimum atomic E-state index is -0.803. The van der Waals surface area contributed by atoms with Gasteiger partial charge in [-0.15, -0.1) is 0 Å². The monoisotopic (exact) mass is 237 g/mol. The normalized spacial score (nSPS) is 17.6. The van der Waals surface area contributed by atoms with E-state index in [1.807, 2.05) is 6.92 Å². The van der Waals surface area contributed by atoms with Crippen molar-refractivity contribution in [3.63, 3.8) is 0 Å². The predicted molar refractivity (Wildman–Crippen MR) is 60.9 cm³/mol. The van der Waals surface area contributed by atoms with Crippen LogP contribution in [-0.2, 0) is 0 Å². The Hall–Kier alpha value is -1.75. The maximum absolute atomic E-state index is 11.9. The van der Waals surface area contributed by atoms with Crippen LogP contribution in [0.4, 0.5) is 0 Å². The highest BCUT2D eigenvalue weighted by Gasteiger charge is 2.42. The molecule has 5 heteroatoms. The third-order valence-electron chi connectivity index (χ3n) is 3.16. The molecule has 2 rings (SSSR count). The highest BCUT2D eigenvalue weighted by Crippen LogP contribution is 2.32. The van der Waals surface area contributed by atoms with Crippen LogP contribution in [0.25, 0.3) is 0 Å². The summed E-state index contributed by atoms with van der Waals surface area (Å²) in [5.74, 6) is -1.11. The lowest BCUT2D eigenvalue weighted by atomic mass is 9.90. The second kappa shape index (κ2) is 3.92. The number of phenols is 2. The number of amides is 1. The van der Waals surface area contributed by atoms with E-state index in [4.69, 9.17) is 0 Å². The van der Waals surface area contributed by atoms with Gasteiger partial charge < -0.3 is 20.2 Å². The Morgan fingerprint density at radius 3 is 2.65 bits per heavy atom. The van der Waals surface area contributed by atoms with Crippen LogP contribution in [0.5, 0.6) is 11.5 Å². The molecule has 0 spiro atoms. The summed E-state index contributed by atoms with van der Waals surface area (Å²) in [4.78, 5) is 13.4. The fourth-order valence-electron chi connectivity index (χ4n) is 1.91. The van der Waals surface area contributed by atoms with Gasteiger partial charge in [-0.25, -0.2) is 0 Å². The number of aromatic hydroxyl groups is 2. The molecule has 92 valence electrons. The second-order valence-corrected chi connectivity index (χ2v) is 4.41. The molecule has 0 saturated carbocycles. The third-order valence-corrected chi connectivity index (χ3v) is 3.16. The summed E-state index contributed by atoms with van der Waals surface area (Å²) in [6.07, 6.45) is 0.586. The van der Waals surface area contributed by atoms with Gasteiger partial charge in [0, 0.05) is 0 Å². The predicted octanol–water partition coefficient (Wildman–Crippen LogP) is 0.695. The average Bonchev–Trinajstić information content (AvgIpc) is 2.28. The van der Waals surface area contributed by atoms with Crippen molar-refractivity contribution in [1.82, 2.24) is 4.90 Å². The molecule has 1 saturated heterocycles. The third kappa shape index (κ3) is 1.93. The van der Waals surface area contributed by atoms with Crippen molar-refractivity contribution in [2.45, 2.75) is 18.9 Å². The SMILES string of the molecule is CCC1(O)CN(C(=O)c2cccc(O)c2O)C1. The van der Waals surface area contributed by atoms with Crippen molar-refractivity contribution >= 4 is 5.91 Å². The molecule has 17 heavy (non-hydrogen) atoms. The lowest BCUT2D eigenvalue weighted by molar-refractivity contribution is -0.0827. The van der Waals surface area contributed by atoms with Gasteiger partial charge in [-0.3, -0.25) is 4.79 Å². The first-order chi connectivity index (χ1) is 7.97. The first-order valence-electron chi connectivity index (χ1n) is 5.49. The lowest BCUT2D eigenvalue weighted by Crippen LogP contribution is -2.63. The van der Waals surface area contributed by atoms with Gasteiger partial charge in [-0.1, -0.05) is 13.0 Å². The number of hydrogen-bond donors (Lipinski definition) is 3. The van der Waals surface area contributed by atoms with E-state index in [2.05, 4.69) is 0 Å². The van der Waals surface area contributed by atoms with E-state index in [9.17, 15) is 20.1 Å². The van der Waals surface area contributed by atoms with Crippen molar-refractivity contribution in [3.05, 3.63) is 23.8 Å². The minimum Gasteiger partial charge on any atom is -0.504 e. The number of aliphatic hydroxyl groups is 1. The molecular weight excluding hydrogens is 222 g/mol. The molecule has 1 aromatic carbocycles. The summed E-state index contributed by atoms with van der Waals surface area (Å²) in [6.45, 7) is 2.38. The van der Waals surface area contributed by atoms with Crippen LogP contribution in [0.1, 0.15) is 23.7 Å². The Kier molecular flexibility index (Phi) is 2.71. The van der Waals surface area contributed by atoms with E-state index in [-0.39, 0.29) is 30.3 Å². The summed E-state index contributed by atoms with van der Waals surface area (Å²) in [5.41, 5.74) is -0.745. The first-order valence-corrected chi connectivity index (χ1v) is 5.49. The number of rotatable bonds is 2. The Labute approximate surface area is 98.9 Å². The van der Waals surface area contributed by atoms with Crippen molar-refractivity contribution in [3.8, 4) is 11.5 Å². The number of hydrogen-bond acceptors (Lipinski definition) is 4. The molecule has 0 bridgehead atoms. The van der Waals surface area contributed by atoms with Gasteiger partial charge in [0.25, 0.3) is 5.91 Å². The maximum Gasteiger partial charge on any atom is 0.257 e. The molecular formula is C12H15NO4. The molecule has 0 atom stereocenters. The Morgan fingerprint density at radius 1 is 1.41 bits per heavy atom. The summed E-state index contributed by atoms with van der Waals surface area (Å²) in [6, 6.07) is 4.25. The number of β-amino-alcohol motifs (C(OH)–C–C–N with tert-alkyl or cyclic N) is 1. The fourth-order valence-corrected chi connectivity index (χ4v) is 1.91. The van der Waals surface area contributed by atoms with Gasteiger partial charge in [0.2, 0.25) is 0 Å². The summed E-state index contributed by atoms with van der Waals surface area (Å²) >= 11 is 0. The van der Waals surface area contributed by atoms with Gasteiger partial charge in [-0.2, -0.15) is 0 Å². The quantitative estimate of drug-likeness (QED) is 0.661. The van der Waals surface area contributed by atoms with Gasteiger partial charge in [0.1, 0.15) is 0 Å². The zero-order valence-corrected chi connectivity index (χ0v) is 9.55. The van der Waals surface area contributed by atoms with Crippen LogP contribution in [0.2, 0.25) is 0 Å². The Morgan fingerprint density at radius 2 is 2.06 bits per heavy atom. The summed E-state index contributed by atoms with van der Waals surface area (Å²) in [7, 11) is 0. The molecule has 0 unspecified atom stereocenters. The number of para-hydroxylation sites is 1. The van der Waals surface area contributed by atoms with Gasteiger partial charge in [-0.05, 0) is 18.6 Å². The molecule has 3 N–H and O–H groups in total. The van der Waals surface area contributed by atoms with Crippen molar-refractivity contribution in [2.75, 3.05) is 13.1 Å². The molecule has 1 amide bonds. The number of benzene rings is 1. The van der Waals surface area contributed by atoms with Crippen LogP contribution in [0, 0.1) is 0 Å². The minimum absolute atomic E-state index is 0.0585. The molecule has 0 radical (unpaired) electrons. The maximum atomic E-state index is 11.9. The molecule has 1 aromatic rings. The number of phenolic OH excluding ortho intramolecular Hbond substituents is 2.